The molecule has 15 heavy (non-hydrogen) atoms. The predicted molar refractivity (Wildman–Crippen MR) is 52.3 cm³/mol. The average molecular weight is 209 g/mol. The molecule has 1 amide bonds. The number of amides is 1. The molecule has 0 aliphatic heterocycles. The molecule has 1 aromatic rings. The number of aryl methyl sites for hydroxylation is 1. The first-order chi connectivity index (χ1) is 7.07. The maximum Gasteiger partial charge on any atom is 0.258 e. The summed E-state index contributed by atoms with van der Waals surface area (Å²) in [6.07, 6.45) is 4.91. The Morgan fingerprint density at radius 3 is 2.80 bits per heavy atom. The van der Waals surface area contributed by atoms with Crippen LogP contribution in [0, 0.1) is 30.9 Å². The van der Waals surface area contributed by atoms with Gasteiger partial charge in [0.15, 0.2) is 0 Å². The fraction of sp³-hybridized carbons (Fsp3) is 0.182. The molecule has 4 heteroatoms. The lowest BCUT2D eigenvalue weighted by molar-refractivity contribution is 0.0950. The Hall–Kier alpha value is -1.89. The van der Waals surface area contributed by atoms with E-state index in [1.807, 2.05) is 0 Å². The van der Waals surface area contributed by atoms with Crippen LogP contribution in [0.5, 0.6) is 0 Å². The van der Waals surface area contributed by atoms with Crippen molar-refractivity contribution in [3.8, 4) is 12.3 Å². The number of hydrogen-bond acceptors (Lipinski definition) is 1. The molecule has 0 atom stereocenters. The SMILES string of the molecule is C#CCNC(=O)c1c(F)ccc(C)c1F. The maximum absolute atomic E-state index is 13.4. The molecule has 0 saturated carbocycles. The highest BCUT2D eigenvalue weighted by Gasteiger charge is 2.18. The van der Waals surface area contributed by atoms with Crippen molar-refractivity contribution >= 4 is 5.91 Å². The van der Waals surface area contributed by atoms with Crippen molar-refractivity contribution in [2.24, 2.45) is 0 Å². The van der Waals surface area contributed by atoms with Crippen LogP contribution >= 0.6 is 0 Å². The molecule has 0 heterocycles. The Kier molecular flexibility index (Phi) is 3.40. The van der Waals surface area contributed by atoms with Gasteiger partial charge in [0, 0.05) is 0 Å². The Balaban J connectivity index is 3.08. The molecule has 0 radical (unpaired) electrons. The number of carbonyl (C=O) groups is 1. The molecule has 0 aromatic heterocycles. The van der Waals surface area contributed by atoms with Gasteiger partial charge in [-0.15, -0.1) is 6.42 Å². The third kappa shape index (κ3) is 2.32. The second-order valence-corrected chi connectivity index (χ2v) is 2.94. The molecular formula is C11H9F2NO. The van der Waals surface area contributed by atoms with Gasteiger partial charge in [-0.3, -0.25) is 4.79 Å². The van der Waals surface area contributed by atoms with E-state index in [1.165, 1.54) is 13.0 Å². The Labute approximate surface area is 86.3 Å². The van der Waals surface area contributed by atoms with Gasteiger partial charge in [-0.05, 0) is 18.6 Å². The Morgan fingerprint density at radius 1 is 1.53 bits per heavy atom. The number of nitrogens with one attached hydrogen (secondary N) is 1. The third-order valence-corrected chi connectivity index (χ3v) is 1.86. The van der Waals surface area contributed by atoms with E-state index < -0.39 is 23.1 Å². The van der Waals surface area contributed by atoms with Crippen LogP contribution in [0.3, 0.4) is 0 Å². The van der Waals surface area contributed by atoms with Crippen molar-refractivity contribution in [2.45, 2.75) is 6.92 Å². The lowest BCUT2D eigenvalue weighted by atomic mass is 10.1. The Bertz CT molecular complexity index is 435. The van der Waals surface area contributed by atoms with Crippen LogP contribution in [0.4, 0.5) is 8.78 Å². The van der Waals surface area contributed by atoms with Gasteiger partial charge in [-0.1, -0.05) is 12.0 Å². The minimum Gasteiger partial charge on any atom is -0.341 e. The summed E-state index contributed by atoms with van der Waals surface area (Å²) in [5.41, 5.74) is -0.382. The number of benzene rings is 1. The van der Waals surface area contributed by atoms with E-state index in [4.69, 9.17) is 6.42 Å². The van der Waals surface area contributed by atoms with Crippen molar-refractivity contribution in [2.75, 3.05) is 6.54 Å². The highest BCUT2D eigenvalue weighted by Crippen LogP contribution is 2.15. The zero-order valence-corrected chi connectivity index (χ0v) is 8.10. The zero-order valence-electron chi connectivity index (χ0n) is 8.10. The number of hydrogen-bond donors (Lipinski definition) is 1. The van der Waals surface area contributed by atoms with E-state index in [2.05, 4.69) is 11.2 Å². The van der Waals surface area contributed by atoms with Crippen LogP contribution in [0.2, 0.25) is 0 Å². The summed E-state index contributed by atoms with van der Waals surface area (Å²) in [5, 5.41) is 2.20. The molecule has 0 aliphatic rings. The number of terminal acetylenes is 1. The average Bonchev–Trinajstić information content (AvgIpc) is 2.21. The fourth-order valence-electron chi connectivity index (χ4n) is 1.08. The third-order valence-electron chi connectivity index (χ3n) is 1.86. The summed E-state index contributed by atoms with van der Waals surface area (Å²) in [6.45, 7) is 1.39. The summed E-state index contributed by atoms with van der Waals surface area (Å²) in [6, 6.07) is 2.31. The van der Waals surface area contributed by atoms with E-state index in [1.54, 1.807) is 0 Å². The summed E-state index contributed by atoms with van der Waals surface area (Å²) in [7, 11) is 0. The predicted octanol–water partition coefficient (Wildman–Crippen LogP) is 1.64. The first kappa shape index (κ1) is 11.2. The quantitative estimate of drug-likeness (QED) is 0.737. The highest BCUT2D eigenvalue weighted by molar-refractivity contribution is 5.95. The molecular weight excluding hydrogens is 200 g/mol. The van der Waals surface area contributed by atoms with E-state index >= 15 is 0 Å². The van der Waals surface area contributed by atoms with E-state index in [9.17, 15) is 13.6 Å². The molecule has 78 valence electrons. The van der Waals surface area contributed by atoms with Crippen LogP contribution in [0.1, 0.15) is 15.9 Å². The normalized spacial score (nSPS) is 9.47. The summed E-state index contributed by atoms with van der Waals surface area (Å²) < 4.78 is 26.5. The first-order valence-electron chi connectivity index (χ1n) is 4.24. The topological polar surface area (TPSA) is 29.1 Å². The molecule has 0 bridgehead atoms. The fourth-order valence-corrected chi connectivity index (χ4v) is 1.08. The molecule has 0 unspecified atom stereocenters. The second-order valence-electron chi connectivity index (χ2n) is 2.94. The van der Waals surface area contributed by atoms with Gasteiger partial charge in [0.25, 0.3) is 5.91 Å². The van der Waals surface area contributed by atoms with Crippen LogP contribution < -0.4 is 5.32 Å². The second kappa shape index (κ2) is 4.56. The van der Waals surface area contributed by atoms with Crippen molar-refractivity contribution in [3.05, 3.63) is 34.9 Å². The van der Waals surface area contributed by atoms with Crippen LogP contribution in [0.25, 0.3) is 0 Å². The smallest absolute Gasteiger partial charge is 0.258 e. The molecule has 0 aliphatic carbocycles. The molecule has 1 rings (SSSR count). The molecule has 0 spiro atoms. The first-order valence-corrected chi connectivity index (χ1v) is 4.24. The van der Waals surface area contributed by atoms with Gasteiger partial charge in [0.05, 0.1) is 6.54 Å². The summed E-state index contributed by atoms with van der Waals surface area (Å²) >= 11 is 0. The van der Waals surface area contributed by atoms with Gasteiger partial charge in [0.1, 0.15) is 17.2 Å². The van der Waals surface area contributed by atoms with Gasteiger partial charge < -0.3 is 5.32 Å². The summed E-state index contributed by atoms with van der Waals surface area (Å²) in [5.74, 6) is -0.449. The lowest BCUT2D eigenvalue weighted by Gasteiger charge is -2.06. The van der Waals surface area contributed by atoms with Gasteiger partial charge >= 0.3 is 0 Å². The minimum absolute atomic E-state index is 0.0638. The van der Waals surface area contributed by atoms with Crippen LogP contribution in [0.15, 0.2) is 12.1 Å². The molecule has 2 nitrogen and oxygen atoms in total. The van der Waals surface area contributed by atoms with Crippen LogP contribution in [-0.4, -0.2) is 12.5 Å². The number of carbonyl (C=O) groups excluding carboxylic acids is 1. The molecule has 0 saturated heterocycles. The van der Waals surface area contributed by atoms with Crippen molar-refractivity contribution in [1.29, 1.82) is 0 Å². The molecule has 0 fully saturated rings. The largest absolute Gasteiger partial charge is 0.341 e. The van der Waals surface area contributed by atoms with Gasteiger partial charge in [-0.25, -0.2) is 8.78 Å². The minimum atomic E-state index is -0.896. The number of halogens is 2. The highest BCUT2D eigenvalue weighted by atomic mass is 19.1. The monoisotopic (exact) mass is 209 g/mol. The van der Waals surface area contributed by atoms with E-state index in [-0.39, 0.29) is 12.1 Å². The lowest BCUT2D eigenvalue weighted by Crippen LogP contribution is -2.26. The van der Waals surface area contributed by atoms with E-state index in [0.717, 1.165) is 6.07 Å². The standard InChI is InChI=1S/C11H9F2NO/c1-3-6-14-11(15)9-8(12)5-4-7(2)10(9)13/h1,4-5H,6H2,2H3,(H,14,15). The molecule has 1 aromatic carbocycles. The zero-order chi connectivity index (χ0) is 11.4. The van der Waals surface area contributed by atoms with E-state index in [0.29, 0.717) is 0 Å². The van der Waals surface area contributed by atoms with Crippen LogP contribution in [-0.2, 0) is 0 Å². The maximum atomic E-state index is 13.4. The summed E-state index contributed by atoms with van der Waals surface area (Å²) in [4.78, 5) is 11.3. The van der Waals surface area contributed by atoms with Crippen molar-refractivity contribution in [3.63, 3.8) is 0 Å². The van der Waals surface area contributed by atoms with Gasteiger partial charge in [0.2, 0.25) is 0 Å². The Morgan fingerprint density at radius 2 is 2.20 bits per heavy atom. The van der Waals surface area contributed by atoms with Crippen molar-refractivity contribution < 1.29 is 13.6 Å². The molecule has 1 N–H and O–H groups in total. The van der Waals surface area contributed by atoms with Gasteiger partial charge in [-0.2, -0.15) is 0 Å². The number of rotatable bonds is 2. The van der Waals surface area contributed by atoms with Crippen molar-refractivity contribution in [1.82, 2.24) is 5.32 Å².